The van der Waals surface area contributed by atoms with Crippen LogP contribution >= 0.6 is 0 Å². The second-order valence-electron chi connectivity index (χ2n) is 2.28. The molecule has 72 valence electrons. The molecule has 0 aliphatic carbocycles. The maximum atomic E-state index is 10.5. The minimum absolute atomic E-state index is 0.215. The van der Waals surface area contributed by atoms with E-state index in [1.807, 2.05) is 0 Å². The van der Waals surface area contributed by atoms with Gasteiger partial charge in [0.2, 0.25) is 5.69 Å². The molecule has 7 nitrogen and oxygen atoms in total. The molecule has 1 aromatic rings. The molecule has 1 N–H and O–H groups in total. The first-order chi connectivity index (χ1) is 6.57. The van der Waals surface area contributed by atoms with Crippen molar-refractivity contribution in [3.8, 4) is 0 Å². The van der Waals surface area contributed by atoms with Crippen molar-refractivity contribution in [2.24, 2.45) is 0 Å². The van der Waals surface area contributed by atoms with Crippen molar-refractivity contribution in [2.75, 3.05) is 0 Å². The monoisotopic (exact) mass is 196 g/mol. The number of carboxylic acids is 1. The molecule has 0 saturated heterocycles. The lowest BCUT2D eigenvalue weighted by molar-refractivity contribution is -0.385. The van der Waals surface area contributed by atoms with Crippen LogP contribution in [0.4, 0.5) is 5.69 Å². The number of nitrogens with zero attached hydrogens (tertiary/aromatic N) is 2. The number of nitro groups is 1. The highest BCUT2D eigenvalue weighted by atomic mass is 16.6. The minimum atomic E-state index is -1.54. The summed E-state index contributed by atoms with van der Waals surface area (Å²) < 4.78 is 0. The van der Waals surface area contributed by atoms with Crippen molar-refractivity contribution >= 4 is 17.9 Å². The van der Waals surface area contributed by atoms with Crippen molar-refractivity contribution in [3.05, 3.63) is 33.6 Å². The number of aromatic carboxylic acids is 1. The number of pyridine rings is 1. The normalized spacial score (nSPS) is 9.43. The van der Waals surface area contributed by atoms with Crippen LogP contribution in [0.3, 0.4) is 0 Å². The third-order valence-corrected chi connectivity index (χ3v) is 1.47. The van der Waals surface area contributed by atoms with Gasteiger partial charge >= 0.3 is 11.7 Å². The molecule has 0 aliphatic rings. The summed E-state index contributed by atoms with van der Waals surface area (Å²) in [6.07, 6.45) is 1.24. The first-order valence-electron chi connectivity index (χ1n) is 3.39. The Morgan fingerprint density at radius 3 is 2.71 bits per heavy atom. The van der Waals surface area contributed by atoms with Gasteiger partial charge in [-0.1, -0.05) is 0 Å². The Kier molecular flexibility index (Phi) is 2.52. The van der Waals surface area contributed by atoms with E-state index in [2.05, 4.69) is 4.98 Å². The molecule has 1 heterocycles. The van der Waals surface area contributed by atoms with Gasteiger partial charge < -0.3 is 5.11 Å². The number of aldehydes is 1. The van der Waals surface area contributed by atoms with Gasteiger partial charge in [0.1, 0.15) is 0 Å². The van der Waals surface area contributed by atoms with Crippen LogP contribution in [-0.2, 0) is 0 Å². The third kappa shape index (κ3) is 1.56. The Bertz CT molecular complexity index is 415. The molecule has 0 fully saturated rings. The van der Waals surface area contributed by atoms with E-state index in [0.717, 1.165) is 12.3 Å². The van der Waals surface area contributed by atoms with E-state index in [4.69, 9.17) is 5.11 Å². The molecule has 0 unspecified atom stereocenters. The van der Waals surface area contributed by atoms with Crippen LogP contribution in [0.2, 0.25) is 0 Å². The van der Waals surface area contributed by atoms with E-state index in [-0.39, 0.29) is 11.8 Å². The van der Waals surface area contributed by atoms with Gasteiger partial charge in [-0.25, -0.2) is 9.78 Å². The second kappa shape index (κ2) is 3.60. The summed E-state index contributed by atoms with van der Waals surface area (Å²) in [7, 11) is 0. The Balaban J connectivity index is 3.51. The van der Waals surface area contributed by atoms with E-state index >= 15 is 0 Å². The zero-order valence-electron chi connectivity index (χ0n) is 6.71. The van der Waals surface area contributed by atoms with E-state index in [1.54, 1.807) is 0 Å². The van der Waals surface area contributed by atoms with Crippen LogP contribution < -0.4 is 0 Å². The molecule has 14 heavy (non-hydrogen) atoms. The van der Waals surface area contributed by atoms with Crippen LogP contribution in [0, 0.1) is 10.1 Å². The van der Waals surface area contributed by atoms with Gasteiger partial charge in [0.05, 0.1) is 10.5 Å². The first kappa shape index (κ1) is 9.78. The average molecular weight is 196 g/mol. The summed E-state index contributed by atoms with van der Waals surface area (Å²) >= 11 is 0. The van der Waals surface area contributed by atoms with E-state index in [0.29, 0.717) is 0 Å². The zero-order chi connectivity index (χ0) is 10.7. The summed E-state index contributed by atoms with van der Waals surface area (Å²) in [4.78, 5) is 33.7. The fourth-order valence-electron chi connectivity index (χ4n) is 0.912. The Morgan fingerprint density at radius 2 is 2.29 bits per heavy atom. The van der Waals surface area contributed by atoms with Crippen molar-refractivity contribution in [1.82, 2.24) is 4.98 Å². The smallest absolute Gasteiger partial charge is 0.361 e. The number of hydrogen-bond acceptors (Lipinski definition) is 5. The van der Waals surface area contributed by atoms with Crippen molar-refractivity contribution < 1.29 is 19.6 Å². The second-order valence-corrected chi connectivity index (χ2v) is 2.28. The van der Waals surface area contributed by atoms with Gasteiger partial charge in [-0.05, 0) is 6.07 Å². The summed E-state index contributed by atoms with van der Waals surface area (Å²) in [5, 5.41) is 19.0. The fourth-order valence-corrected chi connectivity index (χ4v) is 0.912. The molecular formula is C7H4N2O5. The molecule has 0 aliphatic heterocycles. The molecule has 0 aromatic carbocycles. The molecule has 0 saturated carbocycles. The number of hydrogen-bond donors (Lipinski definition) is 1. The number of carboxylic acid groups (broad SMARTS) is 1. The van der Waals surface area contributed by atoms with Crippen molar-refractivity contribution in [3.63, 3.8) is 0 Å². The van der Waals surface area contributed by atoms with Crippen LogP contribution in [0.15, 0.2) is 12.3 Å². The van der Waals surface area contributed by atoms with Crippen LogP contribution in [-0.4, -0.2) is 27.3 Å². The van der Waals surface area contributed by atoms with Gasteiger partial charge in [0.25, 0.3) is 0 Å². The van der Waals surface area contributed by atoms with E-state index in [9.17, 15) is 19.7 Å². The highest BCUT2D eigenvalue weighted by molar-refractivity contribution is 5.95. The topological polar surface area (TPSA) is 110 Å². The summed E-state index contributed by atoms with van der Waals surface area (Å²) in [6.45, 7) is 0. The lowest BCUT2D eigenvalue weighted by Crippen LogP contribution is -2.07. The number of carbonyl (C=O) groups is 2. The molecule has 0 radical (unpaired) electrons. The van der Waals surface area contributed by atoms with Gasteiger partial charge in [-0.3, -0.25) is 14.9 Å². The third-order valence-electron chi connectivity index (χ3n) is 1.47. The van der Waals surface area contributed by atoms with Crippen LogP contribution in [0.1, 0.15) is 20.8 Å². The molecular weight excluding hydrogens is 192 g/mol. The summed E-state index contributed by atoms with van der Waals surface area (Å²) in [5.74, 6) is -1.54. The van der Waals surface area contributed by atoms with Gasteiger partial charge in [0.15, 0.2) is 6.29 Å². The van der Waals surface area contributed by atoms with Crippen molar-refractivity contribution in [1.29, 1.82) is 0 Å². The maximum Gasteiger partial charge on any atom is 0.361 e. The van der Waals surface area contributed by atoms with Crippen LogP contribution in [0.5, 0.6) is 0 Å². The Labute approximate surface area is 77.2 Å². The molecule has 7 heteroatoms. The highest BCUT2D eigenvalue weighted by Gasteiger charge is 2.25. The van der Waals surface area contributed by atoms with Crippen molar-refractivity contribution in [2.45, 2.75) is 0 Å². The summed E-state index contributed by atoms with van der Waals surface area (Å²) in [6, 6.07) is 1.08. The van der Waals surface area contributed by atoms with Gasteiger partial charge in [-0.15, -0.1) is 0 Å². The standard InChI is InChI=1S/C7H4N2O5/c10-3-4-1-2-8-5(7(11)12)6(4)9(13)14/h1-3H,(H,11,12). The highest BCUT2D eigenvalue weighted by Crippen LogP contribution is 2.19. The van der Waals surface area contributed by atoms with E-state index < -0.39 is 22.3 Å². The van der Waals surface area contributed by atoms with Gasteiger partial charge in [0, 0.05) is 6.20 Å². The number of aromatic nitrogens is 1. The molecule has 0 amide bonds. The van der Waals surface area contributed by atoms with Crippen LogP contribution in [0.25, 0.3) is 0 Å². The first-order valence-corrected chi connectivity index (χ1v) is 3.39. The quantitative estimate of drug-likeness (QED) is 0.428. The number of rotatable bonds is 3. The Hall–Kier alpha value is -2.31. The molecule has 0 bridgehead atoms. The van der Waals surface area contributed by atoms with Gasteiger partial charge in [-0.2, -0.15) is 0 Å². The predicted octanol–water partition coefficient (Wildman–Crippen LogP) is 0.500. The fraction of sp³-hybridized carbons (Fsp3) is 0. The average Bonchev–Trinajstić information content (AvgIpc) is 2.16. The summed E-state index contributed by atoms with van der Waals surface area (Å²) in [5.41, 5.74) is -1.82. The molecule has 0 spiro atoms. The molecule has 1 aromatic heterocycles. The van der Waals surface area contributed by atoms with E-state index in [1.165, 1.54) is 0 Å². The zero-order valence-corrected chi connectivity index (χ0v) is 6.71. The Morgan fingerprint density at radius 1 is 1.64 bits per heavy atom. The SMILES string of the molecule is O=Cc1ccnc(C(=O)O)c1[N+](=O)[O-]. The largest absolute Gasteiger partial charge is 0.476 e. The number of carbonyl (C=O) groups excluding carboxylic acids is 1. The lowest BCUT2D eigenvalue weighted by Gasteiger charge is -1.97. The lowest BCUT2D eigenvalue weighted by atomic mass is 10.2. The minimum Gasteiger partial charge on any atom is -0.476 e. The molecule has 0 atom stereocenters. The maximum absolute atomic E-state index is 10.5. The predicted molar refractivity (Wildman–Crippen MR) is 43.2 cm³/mol. The molecule has 1 rings (SSSR count).